The first-order chi connectivity index (χ1) is 12.9. The molecule has 0 aromatic heterocycles. The molecule has 28 heavy (non-hydrogen) atoms. The van der Waals surface area contributed by atoms with Crippen molar-refractivity contribution in [3.63, 3.8) is 0 Å². The molecule has 0 saturated heterocycles. The summed E-state index contributed by atoms with van der Waals surface area (Å²) in [7, 11) is 1.34. The summed E-state index contributed by atoms with van der Waals surface area (Å²) in [5, 5.41) is 0. The smallest absolute Gasteiger partial charge is 0.337 e. The number of ketones is 1. The Kier molecular flexibility index (Phi) is 6.28. The van der Waals surface area contributed by atoms with Crippen molar-refractivity contribution in [3.05, 3.63) is 76.4 Å². The molecule has 0 aliphatic heterocycles. The molecular formula is C25H30O3. The number of rotatable bonds is 4. The Balaban J connectivity index is 2.32. The maximum absolute atomic E-state index is 12.5. The average Bonchev–Trinajstić information content (AvgIpc) is 2.64. The number of hydrogen-bond donors (Lipinski definition) is 0. The molecule has 2 aromatic carbocycles. The summed E-state index contributed by atoms with van der Waals surface area (Å²) < 4.78 is 4.68. The minimum atomic E-state index is -0.414. The lowest BCUT2D eigenvalue weighted by atomic mass is 9.79. The van der Waals surface area contributed by atoms with E-state index in [4.69, 9.17) is 0 Å². The van der Waals surface area contributed by atoms with Gasteiger partial charge in [-0.05, 0) is 45.7 Å². The summed E-state index contributed by atoms with van der Waals surface area (Å²) in [4.78, 5) is 24.0. The summed E-state index contributed by atoms with van der Waals surface area (Å²) in [6, 6.07) is 13.0. The van der Waals surface area contributed by atoms with E-state index in [2.05, 4.69) is 64.5 Å². The number of carbonyl (C=O) groups excluding carboxylic acids is 2. The fraction of sp³-hybridized carbons (Fsp3) is 0.360. The van der Waals surface area contributed by atoms with Crippen LogP contribution >= 0.6 is 0 Å². The van der Waals surface area contributed by atoms with E-state index in [1.165, 1.54) is 18.2 Å². The number of carbonyl (C=O) groups is 2. The van der Waals surface area contributed by atoms with Crippen LogP contribution in [0.1, 0.15) is 78.9 Å². The molecule has 0 saturated carbocycles. The second-order valence-corrected chi connectivity index (χ2v) is 9.11. The van der Waals surface area contributed by atoms with Crippen LogP contribution in [0.5, 0.6) is 0 Å². The van der Waals surface area contributed by atoms with Crippen LogP contribution in [0.15, 0.2) is 48.5 Å². The van der Waals surface area contributed by atoms with Gasteiger partial charge in [-0.2, -0.15) is 0 Å². The normalized spacial score (nSPS) is 12.2. The minimum Gasteiger partial charge on any atom is -0.465 e. The number of allylic oxidation sites excluding steroid dienone is 1. The summed E-state index contributed by atoms with van der Waals surface area (Å²) in [6.07, 6.45) is 3.45. The van der Waals surface area contributed by atoms with Crippen molar-refractivity contribution in [1.82, 2.24) is 0 Å². The molecule has 3 heteroatoms. The predicted molar refractivity (Wildman–Crippen MR) is 115 cm³/mol. The molecule has 0 aliphatic carbocycles. The van der Waals surface area contributed by atoms with E-state index in [1.54, 1.807) is 30.3 Å². The van der Waals surface area contributed by atoms with E-state index in [-0.39, 0.29) is 16.6 Å². The highest BCUT2D eigenvalue weighted by Gasteiger charge is 2.20. The summed E-state index contributed by atoms with van der Waals surface area (Å²) in [5.74, 6) is -0.516. The van der Waals surface area contributed by atoms with Gasteiger partial charge >= 0.3 is 5.97 Å². The van der Waals surface area contributed by atoms with Gasteiger partial charge in [0, 0.05) is 5.56 Å². The number of ether oxygens (including phenoxy) is 1. The molecule has 0 fully saturated rings. The second kappa shape index (κ2) is 8.14. The van der Waals surface area contributed by atoms with Crippen molar-refractivity contribution in [2.45, 2.75) is 52.4 Å². The SMILES string of the molecule is COC(=O)c1ccc(C(=O)/C=C/c2cc(C(C)(C)C)cc(C(C)(C)C)c2)cc1. The van der Waals surface area contributed by atoms with Crippen LogP contribution in [-0.2, 0) is 15.6 Å². The molecule has 0 radical (unpaired) electrons. The van der Waals surface area contributed by atoms with Gasteiger partial charge in [-0.1, -0.05) is 78.0 Å². The van der Waals surface area contributed by atoms with Gasteiger partial charge in [-0.25, -0.2) is 4.79 Å². The van der Waals surface area contributed by atoms with Gasteiger partial charge in [-0.3, -0.25) is 4.79 Å². The van der Waals surface area contributed by atoms with Gasteiger partial charge in [0.25, 0.3) is 0 Å². The van der Waals surface area contributed by atoms with Crippen LogP contribution < -0.4 is 0 Å². The zero-order valence-electron chi connectivity index (χ0n) is 17.9. The van der Waals surface area contributed by atoms with Crippen molar-refractivity contribution in [2.75, 3.05) is 7.11 Å². The van der Waals surface area contributed by atoms with Gasteiger partial charge in [0.15, 0.2) is 5.78 Å². The van der Waals surface area contributed by atoms with Gasteiger partial charge in [0.05, 0.1) is 12.7 Å². The second-order valence-electron chi connectivity index (χ2n) is 9.11. The van der Waals surface area contributed by atoms with Crippen LogP contribution in [0.3, 0.4) is 0 Å². The van der Waals surface area contributed by atoms with Crippen molar-refractivity contribution < 1.29 is 14.3 Å². The number of benzene rings is 2. The molecular weight excluding hydrogens is 348 g/mol. The fourth-order valence-electron chi connectivity index (χ4n) is 2.77. The van der Waals surface area contributed by atoms with Crippen molar-refractivity contribution in [3.8, 4) is 0 Å². The molecule has 0 heterocycles. The maximum Gasteiger partial charge on any atom is 0.337 e. The zero-order chi connectivity index (χ0) is 21.1. The fourth-order valence-corrected chi connectivity index (χ4v) is 2.77. The Hall–Kier alpha value is -2.68. The molecule has 148 valence electrons. The first-order valence-electron chi connectivity index (χ1n) is 9.48. The quantitative estimate of drug-likeness (QED) is 0.374. The molecule has 0 unspecified atom stereocenters. The first kappa shape index (κ1) is 21.6. The molecule has 0 bridgehead atoms. The lowest BCUT2D eigenvalue weighted by Crippen LogP contribution is -2.16. The van der Waals surface area contributed by atoms with Gasteiger partial charge in [-0.15, -0.1) is 0 Å². The van der Waals surface area contributed by atoms with E-state index in [1.807, 2.05) is 6.08 Å². The van der Waals surface area contributed by atoms with Crippen molar-refractivity contribution >= 4 is 17.8 Å². The highest BCUT2D eigenvalue weighted by molar-refractivity contribution is 6.07. The maximum atomic E-state index is 12.5. The topological polar surface area (TPSA) is 43.4 Å². The number of methoxy groups -OCH3 is 1. The predicted octanol–water partition coefficient (Wildman–Crippen LogP) is 5.96. The van der Waals surface area contributed by atoms with Crippen LogP contribution in [0.2, 0.25) is 0 Å². The minimum absolute atomic E-state index is 0.0254. The standard InChI is InChI=1S/C25H30O3/c1-24(2,3)20-14-17(15-21(16-20)25(4,5)6)8-13-22(26)18-9-11-19(12-10-18)23(27)28-7/h8-16H,1-7H3/b13-8+. The zero-order valence-corrected chi connectivity index (χ0v) is 17.9. The molecule has 0 atom stereocenters. The first-order valence-corrected chi connectivity index (χ1v) is 9.48. The Morgan fingerprint density at radius 3 is 1.68 bits per heavy atom. The molecule has 0 N–H and O–H groups in total. The third kappa shape index (κ3) is 5.41. The van der Waals surface area contributed by atoms with E-state index in [0.29, 0.717) is 11.1 Å². The summed E-state index contributed by atoms with van der Waals surface area (Å²) >= 11 is 0. The molecule has 0 amide bonds. The van der Waals surface area contributed by atoms with Crippen LogP contribution in [0.25, 0.3) is 6.08 Å². The van der Waals surface area contributed by atoms with Crippen LogP contribution in [0.4, 0.5) is 0 Å². The Labute approximate surface area is 168 Å². The number of hydrogen-bond acceptors (Lipinski definition) is 3. The summed E-state index contributed by atoms with van der Waals surface area (Å²) in [6.45, 7) is 13.1. The van der Waals surface area contributed by atoms with Crippen LogP contribution in [0, 0.1) is 0 Å². The monoisotopic (exact) mass is 378 g/mol. The van der Waals surface area contributed by atoms with Crippen LogP contribution in [-0.4, -0.2) is 18.9 Å². The molecule has 2 aromatic rings. The van der Waals surface area contributed by atoms with Crippen molar-refractivity contribution in [1.29, 1.82) is 0 Å². The average molecular weight is 379 g/mol. The lowest BCUT2D eigenvalue weighted by molar-refractivity contribution is 0.0600. The molecule has 0 aliphatic rings. The largest absolute Gasteiger partial charge is 0.465 e. The summed E-state index contributed by atoms with van der Waals surface area (Å²) in [5.41, 5.74) is 4.51. The molecule has 3 nitrogen and oxygen atoms in total. The van der Waals surface area contributed by atoms with Gasteiger partial charge in [0.2, 0.25) is 0 Å². The third-order valence-electron chi connectivity index (χ3n) is 4.71. The number of esters is 1. The van der Waals surface area contributed by atoms with E-state index >= 15 is 0 Å². The Morgan fingerprint density at radius 2 is 1.25 bits per heavy atom. The van der Waals surface area contributed by atoms with Gasteiger partial charge in [0.1, 0.15) is 0 Å². The van der Waals surface area contributed by atoms with E-state index in [0.717, 1.165) is 5.56 Å². The molecule has 2 rings (SSSR count). The van der Waals surface area contributed by atoms with E-state index in [9.17, 15) is 9.59 Å². The highest BCUT2D eigenvalue weighted by Crippen LogP contribution is 2.30. The Morgan fingerprint density at radius 1 is 0.786 bits per heavy atom. The van der Waals surface area contributed by atoms with Crippen molar-refractivity contribution in [2.24, 2.45) is 0 Å². The lowest BCUT2D eigenvalue weighted by Gasteiger charge is -2.25. The highest BCUT2D eigenvalue weighted by atomic mass is 16.5. The Bertz CT molecular complexity index is 857. The van der Waals surface area contributed by atoms with Gasteiger partial charge < -0.3 is 4.74 Å². The van der Waals surface area contributed by atoms with E-state index < -0.39 is 5.97 Å². The third-order valence-corrected chi connectivity index (χ3v) is 4.71. The molecule has 0 spiro atoms.